The topological polar surface area (TPSA) is 45.4 Å². The summed E-state index contributed by atoms with van der Waals surface area (Å²) in [6.07, 6.45) is 1.85. The molecule has 2 aromatic heterocycles. The summed E-state index contributed by atoms with van der Waals surface area (Å²) in [5.74, 6) is 1.98. The molecule has 3 aromatic rings. The molecule has 0 unspecified atom stereocenters. The number of piperazine rings is 1. The van der Waals surface area contributed by atoms with Gasteiger partial charge in [-0.1, -0.05) is 41.1 Å². The highest BCUT2D eigenvalue weighted by Crippen LogP contribution is 2.21. The number of benzene rings is 1. The summed E-state index contributed by atoms with van der Waals surface area (Å²) in [4.78, 5) is 9.16. The van der Waals surface area contributed by atoms with Gasteiger partial charge in [-0.2, -0.15) is 0 Å². The van der Waals surface area contributed by atoms with E-state index >= 15 is 0 Å². The molecule has 0 atom stereocenters. The predicted molar refractivity (Wildman–Crippen MR) is 98.4 cm³/mol. The Kier molecular flexibility index (Phi) is 4.48. The average molecular weight is 334 g/mol. The van der Waals surface area contributed by atoms with Gasteiger partial charge in [0.1, 0.15) is 11.5 Å². The Hall–Kier alpha value is -2.66. The fourth-order valence-electron chi connectivity index (χ4n) is 3.14. The smallest absolute Gasteiger partial charge is 0.151 e. The van der Waals surface area contributed by atoms with Gasteiger partial charge < -0.3 is 9.42 Å². The average Bonchev–Trinajstić information content (AvgIpc) is 3.12. The van der Waals surface area contributed by atoms with E-state index in [0.29, 0.717) is 0 Å². The first-order valence-electron chi connectivity index (χ1n) is 8.69. The molecule has 0 aliphatic carbocycles. The maximum Gasteiger partial charge on any atom is 0.151 e. The third-order valence-electron chi connectivity index (χ3n) is 4.63. The number of aromatic nitrogens is 2. The Labute approximate surface area is 147 Å². The predicted octanol–water partition coefficient (Wildman–Crippen LogP) is 3.37. The van der Waals surface area contributed by atoms with Crippen molar-refractivity contribution in [3.05, 3.63) is 66.1 Å². The minimum absolute atomic E-state index is 0.801. The first-order valence-corrected chi connectivity index (χ1v) is 8.69. The SMILES string of the molecule is Cc1ccc(-c2cc(CN3CCN(c4ccccn4)CC3)on2)cc1. The molecule has 25 heavy (non-hydrogen) atoms. The van der Waals surface area contributed by atoms with Crippen molar-refractivity contribution in [1.29, 1.82) is 0 Å². The third kappa shape index (κ3) is 3.72. The number of hydrogen-bond acceptors (Lipinski definition) is 5. The van der Waals surface area contributed by atoms with Crippen LogP contribution >= 0.6 is 0 Å². The highest BCUT2D eigenvalue weighted by molar-refractivity contribution is 5.59. The van der Waals surface area contributed by atoms with Crippen molar-refractivity contribution in [3.63, 3.8) is 0 Å². The number of pyridine rings is 1. The van der Waals surface area contributed by atoms with Crippen LogP contribution in [0.4, 0.5) is 5.82 Å². The second-order valence-corrected chi connectivity index (χ2v) is 6.50. The number of anilines is 1. The molecule has 0 amide bonds. The van der Waals surface area contributed by atoms with Crippen LogP contribution in [0.3, 0.4) is 0 Å². The van der Waals surface area contributed by atoms with E-state index in [0.717, 1.165) is 55.6 Å². The number of rotatable bonds is 4. The van der Waals surface area contributed by atoms with E-state index in [9.17, 15) is 0 Å². The lowest BCUT2D eigenvalue weighted by Crippen LogP contribution is -2.46. The standard InChI is InChI=1S/C20H22N4O/c1-16-5-7-17(8-6-16)19-14-18(25-22-19)15-23-10-12-24(13-11-23)20-4-2-3-9-21-20/h2-9,14H,10-13,15H2,1H3. The maximum atomic E-state index is 5.55. The quantitative estimate of drug-likeness (QED) is 0.732. The van der Waals surface area contributed by atoms with Gasteiger partial charge in [0.05, 0.1) is 6.54 Å². The second-order valence-electron chi connectivity index (χ2n) is 6.50. The molecule has 5 nitrogen and oxygen atoms in total. The van der Waals surface area contributed by atoms with Crippen molar-refractivity contribution in [2.45, 2.75) is 13.5 Å². The Bertz CT molecular complexity index is 805. The van der Waals surface area contributed by atoms with E-state index in [2.05, 4.69) is 63.3 Å². The first-order chi connectivity index (χ1) is 12.3. The van der Waals surface area contributed by atoms with Crippen molar-refractivity contribution < 1.29 is 4.52 Å². The molecule has 1 fully saturated rings. The van der Waals surface area contributed by atoms with Crippen LogP contribution in [0.5, 0.6) is 0 Å². The summed E-state index contributed by atoms with van der Waals surface area (Å²) >= 11 is 0. The highest BCUT2D eigenvalue weighted by atomic mass is 16.5. The summed E-state index contributed by atoms with van der Waals surface area (Å²) < 4.78 is 5.55. The largest absolute Gasteiger partial charge is 0.359 e. The molecule has 1 aliphatic rings. The lowest BCUT2D eigenvalue weighted by Gasteiger charge is -2.34. The molecule has 5 heteroatoms. The number of aryl methyl sites for hydroxylation is 1. The molecule has 3 heterocycles. The maximum absolute atomic E-state index is 5.55. The molecule has 0 spiro atoms. The van der Waals surface area contributed by atoms with Gasteiger partial charge in [-0.3, -0.25) is 4.90 Å². The Balaban J connectivity index is 1.35. The number of nitrogens with zero attached hydrogens (tertiary/aromatic N) is 4. The van der Waals surface area contributed by atoms with E-state index in [1.165, 1.54) is 5.56 Å². The zero-order valence-corrected chi connectivity index (χ0v) is 14.4. The van der Waals surface area contributed by atoms with Gasteiger partial charge in [-0.15, -0.1) is 0 Å². The molecule has 1 saturated heterocycles. The van der Waals surface area contributed by atoms with E-state index in [1.54, 1.807) is 0 Å². The Morgan fingerprint density at radius 1 is 1.00 bits per heavy atom. The lowest BCUT2D eigenvalue weighted by molar-refractivity contribution is 0.219. The van der Waals surface area contributed by atoms with Crippen molar-refractivity contribution in [1.82, 2.24) is 15.0 Å². The molecule has 0 bridgehead atoms. The van der Waals surface area contributed by atoms with Crippen molar-refractivity contribution in [2.75, 3.05) is 31.1 Å². The molecule has 4 rings (SSSR count). The first kappa shape index (κ1) is 15.8. The van der Waals surface area contributed by atoms with Gasteiger partial charge in [0, 0.05) is 44.0 Å². The lowest BCUT2D eigenvalue weighted by atomic mass is 10.1. The van der Waals surface area contributed by atoms with Crippen LogP contribution in [0.2, 0.25) is 0 Å². The van der Waals surface area contributed by atoms with Crippen molar-refractivity contribution >= 4 is 5.82 Å². The van der Waals surface area contributed by atoms with Gasteiger partial charge in [0.2, 0.25) is 0 Å². The molecule has 1 aromatic carbocycles. The third-order valence-corrected chi connectivity index (χ3v) is 4.63. The molecule has 0 saturated carbocycles. The molecule has 0 N–H and O–H groups in total. The zero-order chi connectivity index (χ0) is 17.1. The summed E-state index contributed by atoms with van der Waals surface area (Å²) in [5, 5.41) is 4.22. The molecular weight excluding hydrogens is 312 g/mol. The Morgan fingerprint density at radius 2 is 1.80 bits per heavy atom. The van der Waals surface area contributed by atoms with Crippen LogP contribution in [0.25, 0.3) is 11.3 Å². The monoisotopic (exact) mass is 334 g/mol. The van der Waals surface area contributed by atoms with Crippen LogP contribution in [0, 0.1) is 6.92 Å². The normalized spacial score (nSPS) is 15.5. The van der Waals surface area contributed by atoms with E-state index < -0.39 is 0 Å². The van der Waals surface area contributed by atoms with Crippen LogP contribution in [0.1, 0.15) is 11.3 Å². The molecule has 128 valence electrons. The Morgan fingerprint density at radius 3 is 2.52 bits per heavy atom. The van der Waals surface area contributed by atoms with Crippen LogP contribution in [0.15, 0.2) is 59.3 Å². The summed E-state index contributed by atoms with van der Waals surface area (Å²) in [6, 6.07) is 16.5. The second kappa shape index (κ2) is 7.07. The van der Waals surface area contributed by atoms with Gasteiger partial charge >= 0.3 is 0 Å². The van der Waals surface area contributed by atoms with E-state index in [-0.39, 0.29) is 0 Å². The van der Waals surface area contributed by atoms with Gasteiger partial charge in [0.15, 0.2) is 5.76 Å². The van der Waals surface area contributed by atoms with Crippen LogP contribution < -0.4 is 4.90 Å². The van der Waals surface area contributed by atoms with E-state index in [4.69, 9.17) is 4.52 Å². The van der Waals surface area contributed by atoms with Gasteiger partial charge in [0.25, 0.3) is 0 Å². The summed E-state index contributed by atoms with van der Waals surface area (Å²) in [6.45, 7) is 6.84. The molecule has 0 radical (unpaired) electrons. The van der Waals surface area contributed by atoms with Crippen LogP contribution in [-0.2, 0) is 6.54 Å². The van der Waals surface area contributed by atoms with Crippen molar-refractivity contribution in [2.24, 2.45) is 0 Å². The minimum atomic E-state index is 0.801. The summed E-state index contributed by atoms with van der Waals surface area (Å²) in [5.41, 5.74) is 3.25. The fraction of sp³-hybridized carbons (Fsp3) is 0.300. The van der Waals surface area contributed by atoms with E-state index in [1.807, 2.05) is 18.3 Å². The fourth-order valence-corrected chi connectivity index (χ4v) is 3.14. The highest BCUT2D eigenvalue weighted by Gasteiger charge is 2.19. The minimum Gasteiger partial charge on any atom is -0.359 e. The zero-order valence-electron chi connectivity index (χ0n) is 14.4. The van der Waals surface area contributed by atoms with Crippen LogP contribution in [-0.4, -0.2) is 41.2 Å². The summed E-state index contributed by atoms with van der Waals surface area (Å²) in [7, 11) is 0. The molecule has 1 aliphatic heterocycles. The van der Waals surface area contributed by atoms with Gasteiger partial charge in [-0.05, 0) is 19.1 Å². The van der Waals surface area contributed by atoms with Gasteiger partial charge in [-0.25, -0.2) is 4.98 Å². The number of hydrogen-bond donors (Lipinski definition) is 0. The van der Waals surface area contributed by atoms with Crippen molar-refractivity contribution in [3.8, 4) is 11.3 Å². The molecular formula is C20H22N4O.